The fraction of sp³-hybridized carbons (Fsp3) is 0.269. The molecule has 0 unspecified atom stereocenters. The van der Waals surface area contributed by atoms with E-state index in [2.05, 4.69) is 44.6 Å². The Bertz CT molecular complexity index is 1230. The summed E-state index contributed by atoms with van der Waals surface area (Å²) in [6.07, 6.45) is 8.11. The molecule has 0 spiro atoms. The molecule has 2 amide bonds. The van der Waals surface area contributed by atoms with Crippen LogP contribution in [-0.4, -0.2) is 27.3 Å². The van der Waals surface area contributed by atoms with Gasteiger partial charge in [-0.2, -0.15) is 5.10 Å². The maximum absolute atomic E-state index is 12.4. The second-order valence-corrected chi connectivity index (χ2v) is 8.19. The van der Waals surface area contributed by atoms with Gasteiger partial charge in [-0.05, 0) is 54.2 Å². The normalized spacial score (nSPS) is 13.0. The number of hydrogen-bond acceptors (Lipinski definition) is 3. The van der Waals surface area contributed by atoms with Gasteiger partial charge in [0.05, 0.1) is 12.2 Å². The summed E-state index contributed by atoms with van der Waals surface area (Å²) >= 11 is 0. The van der Waals surface area contributed by atoms with Crippen LogP contribution in [0.15, 0.2) is 67.0 Å². The van der Waals surface area contributed by atoms with Gasteiger partial charge in [-0.1, -0.05) is 42.5 Å². The number of urea groups is 1. The van der Waals surface area contributed by atoms with Crippen molar-refractivity contribution in [2.45, 2.75) is 38.8 Å². The second-order valence-electron chi connectivity index (χ2n) is 8.19. The summed E-state index contributed by atoms with van der Waals surface area (Å²) in [4.78, 5) is 16.5. The monoisotopic (exact) mass is 425 g/mol. The molecule has 0 radical (unpaired) electrons. The van der Waals surface area contributed by atoms with E-state index in [4.69, 9.17) is 5.10 Å². The van der Waals surface area contributed by atoms with Crippen LogP contribution in [0.4, 0.5) is 4.79 Å². The average Bonchev–Trinajstić information content (AvgIpc) is 3.22. The Morgan fingerprint density at radius 2 is 1.75 bits per heavy atom. The number of pyridine rings is 1. The molecule has 32 heavy (non-hydrogen) atoms. The zero-order valence-electron chi connectivity index (χ0n) is 18.1. The Hall–Kier alpha value is -3.67. The molecular formula is C26H27N5O. The molecule has 0 saturated carbocycles. The molecule has 0 aliphatic heterocycles. The number of hydrogen-bond donors (Lipinski definition) is 2. The topological polar surface area (TPSA) is 71.8 Å². The molecule has 0 bridgehead atoms. The van der Waals surface area contributed by atoms with E-state index >= 15 is 0 Å². The lowest BCUT2D eigenvalue weighted by Gasteiger charge is -2.15. The van der Waals surface area contributed by atoms with Crippen molar-refractivity contribution < 1.29 is 4.79 Å². The van der Waals surface area contributed by atoms with E-state index in [1.54, 1.807) is 0 Å². The number of nitrogens with zero attached hydrogens (tertiary/aromatic N) is 3. The Morgan fingerprint density at radius 3 is 2.66 bits per heavy atom. The zero-order chi connectivity index (χ0) is 21.8. The lowest BCUT2D eigenvalue weighted by atomic mass is 9.94. The first-order valence-electron chi connectivity index (χ1n) is 11.3. The molecule has 1 aliphatic rings. The highest BCUT2D eigenvalue weighted by Gasteiger charge is 2.21. The highest BCUT2D eigenvalue weighted by Crippen LogP contribution is 2.30. The number of aromatic nitrogens is 3. The van der Waals surface area contributed by atoms with Crippen LogP contribution >= 0.6 is 0 Å². The van der Waals surface area contributed by atoms with Gasteiger partial charge in [-0.3, -0.25) is 9.67 Å². The Kier molecular flexibility index (Phi) is 5.83. The maximum Gasteiger partial charge on any atom is 0.315 e. The van der Waals surface area contributed by atoms with Crippen LogP contribution in [0.1, 0.15) is 29.7 Å². The fourth-order valence-corrected chi connectivity index (χ4v) is 4.56. The zero-order valence-corrected chi connectivity index (χ0v) is 18.1. The Balaban J connectivity index is 1.21. The molecule has 2 heterocycles. The molecule has 1 aliphatic carbocycles. The van der Waals surface area contributed by atoms with Crippen molar-refractivity contribution in [2.75, 3.05) is 6.54 Å². The van der Waals surface area contributed by atoms with Gasteiger partial charge in [0.1, 0.15) is 0 Å². The van der Waals surface area contributed by atoms with E-state index in [0.717, 1.165) is 29.7 Å². The highest BCUT2D eigenvalue weighted by atomic mass is 16.2. The van der Waals surface area contributed by atoms with Gasteiger partial charge >= 0.3 is 6.03 Å². The van der Waals surface area contributed by atoms with Crippen molar-refractivity contribution in [2.24, 2.45) is 0 Å². The SMILES string of the molecule is O=C(NCCn1nc(-c2ccncc2)c2c1CCCC2)NCc1cccc2ccccc12. The number of rotatable bonds is 6. The minimum atomic E-state index is -0.159. The van der Waals surface area contributed by atoms with Crippen molar-refractivity contribution in [1.29, 1.82) is 0 Å². The standard InChI is InChI=1S/C26H27N5O/c32-26(29-18-21-8-5-7-19-6-1-2-9-22(19)21)28-16-17-31-24-11-4-3-10-23(24)25(30-31)20-12-14-27-15-13-20/h1-2,5-9,12-15H,3-4,10-11,16-18H2,(H2,28,29,32). The van der Waals surface area contributed by atoms with E-state index in [9.17, 15) is 4.79 Å². The molecule has 2 aromatic heterocycles. The van der Waals surface area contributed by atoms with Crippen molar-refractivity contribution in [3.63, 3.8) is 0 Å². The quantitative estimate of drug-likeness (QED) is 0.479. The lowest BCUT2D eigenvalue weighted by molar-refractivity contribution is 0.240. The van der Waals surface area contributed by atoms with Crippen molar-refractivity contribution in [3.8, 4) is 11.3 Å². The number of carbonyl (C=O) groups is 1. The van der Waals surface area contributed by atoms with Crippen LogP contribution in [0.5, 0.6) is 0 Å². The third kappa shape index (κ3) is 4.21. The minimum absolute atomic E-state index is 0.159. The van der Waals surface area contributed by atoms with Gasteiger partial charge in [0.15, 0.2) is 0 Å². The lowest BCUT2D eigenvalue weighted by Crippen LogP contribution is -2.37. The third-order valence-electron chi connectivity index (χ3n) is 6.14. The predicted octanol–water partition coefficient (Wildman–Crippen LogP) is 4.48. The summed E-state index contributed by atoms with van der Waals surface area (Å²) in [6, 6.07) is 18.3. The smallest absolute Gasteiger partial charge is 0.315 e. The van der Waals surface area contributed by atoms with Crippen LogP contribution in [0.2, 0.25) is 0 Å². The number of nitrogens with one attached hydrogen (secondary N) is 2. The first-order chi connectivity index (χ1) is 15.8. The third-order valence-corrected chi connectivity index (χ3v) is 6.14. The van der Waals surface area contributed by atoms with Crippen LogP contribution in [0.25, 0.3) is 22.0 Å². The van der Waals surface area contributed by atoms with Crippen LogP contribution in [0.3, 0.4) is 0 Å². The van der Waals surface area contributed by atoms with Gasteiger partial charge in [0.2, 0.25) is 0 Å². The molecule has 6 heteroatoms. The Labute approximate surface area is 187 Å². The van der Waals surface area contributed by atoms with E-state index in [0.29, 0.717) is 19.6 Å². The average molecular weight is 426 g/mol. The Morgan fingerprint density at radius 1 is 0.938 bits per heavy atom. The summed E-state index contributed by atoms with van der Waals surface area (Å²) in [6.45, 7) is 1.69. The molecule has 0 saturated heterocycles. The highest BCUT2D eigenvalue weighted by molar-refractivity contribution is 5.86. The maximum atomic E-state index is 12.4. The molecule has 0 atom stereocenters. The molecule has 2 aromatic carbocycles. The first-order valence-corrected chi connectivity index (χ1v) is 11.3. The molecule has 4 aromatic rings. The van der Waals surface area contributed by atoms with Gasteiger partial charge in [-0.25, -0.2) is 4.79 Å². The summed E-state index contributed by atoms with van der Waals surface area (Å²) in [7, 11) is 0. The molecule has 2 N–H and O–H groups in total. The second kappa shape index (κ2) is 9.22. The van der Waals surface area contributed by atoms with Crippen molar-refractivity contribution >= 4 is 16.8 Å². The van der Waals surface area contributed by atoms with E-state index in [-0.39, 0.29) is 6.03 Å². The summed E-state index contributed by atoms with van der Waals surface area (Å²) in [5.41, 5.74) is 5.94. The van der Waals surface area contributed by atoms with Crippen LogP contribution in [-0.2, 0) is 25.9 Å². The van der Waals surface area contributed by atoms with Crippen LogP contribution < -0.4 is 10.6 Å². The molecular weight excluding hydrogens is 398 g/mol. The van der Waals surface area contributed by atoms with E-state index < -0.39 is 0 Å². The van der Waals surface area contributed by atoms with Gasteiger partial charge < -0.3 is 10.6 Å². The fourth-order valence-electron chi connectivity index (χ4n) is 4.56. The number of fused-ring (bicyclic) bond motifs is 2. The minimum Gasteiger partial charge on any atom is -0.336 e. The van der Waals surface area contributed by atoms with Gasteiger partial charge in [0, 0.05) is 42.3 Å². The van der Waals surface area contributed by atoms with Gasteiger partial charge in [-0.15, -0.1) is 0 Å². The molecule has 5 rings (SSSR count). The van der Waals surface area contributed by atoms with E-state index in [1.165, 1.54) is 34.9 Å². The van der Waals surface area contributed by atoms with Crippen LogP contribution in [0, 0.1) is 0 Å². The first kappa shape index (κ1) is 20.2. The van der Waals surface area contributed by atoms with E-state index in [1.807, 2.05) is 42.7 Å². The summed E-state index contributed by atoms with van der Waals surface area (Å²) < 4.78 is 2.08. The number of benzene rings is 2. The number of amides is 2. The molecule has 0 fully saturated rings. The van der Waals surface area contributed by atoms with Crippen molar-refractivity contribution in [3.05, 3.63) is 83.8 Å². The predicted molar refractivity (Wildman–Crippen MR) is 126 cm³/mol. The molecule has 162 valence electrons. The summed E-state index contributed by atoms with van der Waals surface area (Å²) in [5.74, 6) is 0. The number of carbonyl (C=O) groups excluding carboxylic acids is 1. The summed E-state index contributed by atoms with van der Waals surface area (Å²) in [5, 5.41) is 13.2. The largest absolute Gasteiger partial charge is 0.336 e. The van der Waals surface area contributed by atoms with Gasteiger partial charge in [0.25, 0.3) is 0 Å². The van der Waals surface area contributed by atoms with Crippen molar-refractivity contribution in [1.82, 2.24) is 25.4 Å². The molecule has 6 nitrogen and oxygen atoms in total.